The number of anilines is 1. The van der Waals surface area contributed by atoms with Crippen LogP contribution in [0.4, 0.5) is 5.69 Å². The lowest BCUT2D eigenvalue weighted by Gasteiger charge is -2.32. The van der Waals surface area contributed by atoms with E-state index in [1.54, 1.807) is 11.8 Å². The first-order valence-corrected chi connectivity index (χ1v) is 8.79. The van der Waals surface area contributed by atoms with Crippen molar-refractivity contribution in [2.24, 2.45) is 0 Å². The van der Waals surface area contributed by atoms with Gasteiger partial charge in [0.05, 0.1) is 17.1 Å². The van der Waals surface area contributed by atoms with E-state index in [4.69, 9.17) is 0 Å². The molecule has 0 aliphatic carbocycles. The van der Waals surface area contributed by atoms with Crippen molar-refractivity contribution in [2.75, 3.05) is 18.5 Å². The number of aromatic nitrogens is 2. The molecule has 0 radical (unpaired) electrons. The minimum absolute atomic E-state index is 0.350. The minimum Gasteiger partial charge on any atom is -0.388 e. The fraction of sp³-hybridized carbons (Fsp3) is 0.278. The highest BCUT2D eigenvalue weighted by Gasteiger charge is 2.23. The summed E-state index contributed by atoms with van der Waals surface area (Å²) in [5.74, 6) is 0.833. The highest BCUT2D eigenvalue weighted by atomic mass is 32.2. The molecular formula is C18H19N3OS. The van der Waals surface area contributed by atoms with Crippen LogP contribution in [0, 0.1) is 0 Å². The van der Waals surface area contributed by atoms with E-state index < -0.39 is 0 Å². The number of aliphatic hydroxyl groups is 1. The van der Waals surface area contributed by atoms with Crippen LogP contribution in [0.15, 0.2) is 47.6 Å². The summed E-state index contributed by atoms with van der Waals surface area (Å²) in [5, 5.41) is 11.2. The highest BCUT2D eigenvalue weighted by molar-refractivity contribution is 7.98. The third kappa shape index (κ3) is 2.71. The van der Waals surface area contributed by atoms with Crippen molar-refractivity contribution in [3.8, 4) is 0 Å². The zero-order chi connectivity index (χ0) is 15.8. The molecule has 4 nitrogen and oxygen atoms in total. The quantitative estimate of drug-likeness (QED) is 0.721. The van der Waals surface area contributed by atoms with Gasteiger partial charge in [-0.2, -0.15) is 0 Å². The zero-order valence-electron chi connectivity index (χ0n) is 13.0. The first-order valence-electron chi connectivity index (χ1n) is 7.81. The first-order chi connectivity index (χ1) is 11.2. The van der Waals surface area contributed by atoms with Crippen LogP contribution in [0.2, 0.25) is 0 Å². The topological polar surface area (TPSA) is 52.1 Å². The van der Waals surface area contributed by atoms with Crippen molar-refractivity contribution in [3.63, 3.8) is 0 Å². The van der Waals surface area contributed by atoms with E-state index in [1.165, 1.54) is 11.3 Å². The molecule has 0 spiro atoms. The molecule has 0 saturated carbocycles. The van der Waals surface area contributed by atoms with Gasteiger partial charge >= 0.3 is 0 Å². The molecule has 5 heteroatoms. The summed E-state index contributed by atoms with van der Waals surface area (Å²) < 4.78 is 0. The summed E-state index contributed by atoms with van der Waals surface area (Å²) in [6.07, 6.45) is 0.446. The number of aromatic amines is 1. The largest absolute Gasteiger partial charge is 0.388 e. The summed E-state index contributed by atoms with van der Waals surface area (Å²) in [5.41, 5.74) is 5.53. The fourth-order valence-electron chi connectivity index (χ4n) is 3.19. The maximum absolute atomic E-state index is 10.2. The number of hydrogen-bond donors (Lipinski definition) is 2. The molecule has 1 aromatic heterocycles. The molecule has 1 atom stereocenters. The maximum Gasteiger partial charge on any atom is 0.166 e. The van der Waals surface area contributed by atoms with Gasteiger partial charge in [-0.3, -0.25) is 0 Å². The maximum atomic E-state index is 10.2. The van der Waals surface area contributed by atoms with Crippen LogP contribution in [-0.4, -0.2) is 28.7 Å². The molecule has 2 aromatic carbocycles. The van der Waals surface area contributed by atoms with Crippen LogP contribution in [0.1, 0.15) is 23.7 Å². The van der Waals surface area contributed by atoms with E-state index in [1.807, 2.05) is 36.4 Å². The second kappa shape index (κ2) is 5.91. The van der Waals surface area contributed by atoms with E-state index in [9.17, 15) is 5.11 Å². The first kappa shape index (κ1) is 14.6. The van der Waals surface area contributed by atoms with Gasteiger partial charge in [-0.05, 0) is 24.1 Å². The van der Waals surface area contributed by atoms with Crippen LogP contribution < -0.4 is 4.90 Å². The van der Waals surface area contributed by atoms with Gasteiger partial charge in [0.15, 0.2) is 5.16 Å². The molecule has 2 N–H and O–H groups in total. The number of fused-ring (bicyclic) bond motifs is 2. The van der Waals surface area contributed by atoms with E-state index in [-0.39, 0.29) is 6.10 Å². The van der Waals surface area contributed by atoms with Crippen molar-refractivity contribution >= 4 is 28.5 Å². The Labute approximate surface area is 139 Å². The predicted octanol–water partition coefficient (Wildman–Crippen LogP) is 3.73. The van der Waals surface area contributed by atoms with Gasteiger partial charge in [-0.15, -0.1) is 0 Å². The number of benzene rings is 2. The number of imidazole rings is 1. The average Bonchev–Trinajstić information content (AvgIpc) is 2.99. The Morgan fingerprint density at radius 2 is 2.13 bits per heavy atom. The summed E-state index contributed by atoms with van der Waals surface area (Å²) >= 11 is 1.70. The number of hydrogen-bond acceptors (Lipinski definition) is 4. The molecule has 0 saturated heterocycles. The normalized spacial score (nSPS) is 17.5. The van der Waals surface area contributed by atoms with Crippen molar-refractivity contribution in [1.82, 2.24) is 9.97 Å². The summed E-state index contributed by atoms with van der Waals surface area (Å²) in [7, 11) is 2.10. The summed E-state index contributed by atoms with van der Waals surface area (Å²) in [6, 6.07) is 14.3. The Hall–Kier alpha value is -1.98. The SMILES string of the molecule is CN1CCC(O)c2cccc(CSc3nc4ccccc4[nH]3)c21. The number of H-pyrrole nitrogens is 1. The summed E-state index contributed by atoms with van der Waals surface area (Å²) in [4.78, 5) is 10.2. The van der Waals surface area contributed by atoms with Crippen LogP contribution in [-0.2, 0) is 5.75 Å². The highest BCUT2D eigenvalue weighted by Crippen LogP contribution is 2.37. The van der Waals surface area contributed by atoms with Crippen molar-refractivity contribution in [2.45, 2.75) is 23.4 Å². The Morgan fingerprint density at radius 1 is 1.26 bits per heavy atom. The van der Waals surface area contributed by atoms with E-state index in [2.05, 4.69) is 28.0 Å². The van der Waals surface area contributed by atoms with Crippen LogP contribution in [0.5, 0.6) is 0 Å². The predicted molar refractivity (Wildman–Crippen MR) is 94.9 cm³/mol. The van der Waals surface area contributed by atoms with Gasteiger partial charge in [0.2, 0.25) is 0 Å². The molecular weight excluding hydrogens is 306 g/mol. The molecule has 2 heterocycles. The Balaban J connectivity index is 1.61. The number of nitrogens with one attached hydrogen (secondary N) is 1. The lowest BCUT2D eigenvalue weighted by Crippen LogP contribution is -2.28. The second-order valence-corrected chi connectivity index (χ2v) is 6.89. The van der Waals surface area contributed by atoms with Gasteiger partial charge in [0.25, 0.3) is 0 Å². The lowest BCUT2D eigenvalue weighted by atomic mass is 9.96. The Kier molecular flexibility index (Phi) is 3.75. The van der Waals surface area contributed by atoms with Crippen LogP contribution >= 0.6 is 11.8 Å². The van der Waals surface area contributed by atoms with Crippen molar-refractivity contribution in [3.05, 3.63) is 53.6 Å². The van der Waals surface area contributed by atoms with Crippen LogP contribution in [0.3, 0.4) is 0 Å². The number of nitrogens with zero attached hydrogens (tertiary/aromatic N) is 2. The van der Waals surface area contributed by atoms with Gasteiger partial charge in [-0.1, -0.05) is 42.1 Å². The number of rotatable bonds is 3. The molecule has 23 heavy (non-hydrogen) atoms. The fourth-order valence-corrected chi connectivity index (χ4v) is 4.06. The number of para-hydroxylation sites is 3. The van der Waals surface area contributed by atoms with Crippen molar-refractivity contribution < 1.29 is 5.11 Å². The molecule has 1 unspecified atom stereocenters. The number of thioether (sulfide) groups is 1. The second-order valence-electron chi connectivity index (χ2n) is 5.93. The van der Waals surface area contributed by atoms with E-state index >= 15 is 0 Å². The zero-order valence-corrected chi connectivity index (χ0v) is 13.8. The Morgan fingerprint density at radius 3 is 3.00 bits per heavy atom. The number of aliphatic hydroxyl groups excluding tert-OH is 1. The molecule has 3 aromatic rings. The third-order valence-corrected chi connectivity index (χ3v) is 5.28. The Bertz CT molecular complexity index is 812. The van der Waals surface area contributed by atoms with E-state index in [0.29, 0.717) is 0 Å². The standard InChI is InChI=1S/C18H19N3OS/c1-21-10-9-16(22)13-6-4-5-12(17(13)21)11-23-18-19-14-7-2-3-8-15(14)20-18/h2-8,16,22H,9-11H2,1H3,(H,19,20). The molecule has 118 valence electrons. The van der Waals surface area contributed by atoms with Gasteiger partial charge in [0, 0.05) is 30.6 Å². The van der Waals surface area contributed by atoms with Gasteiger partial charge in [-0.25, -0.2) is 4.98 Å². The lowest BCUT2D eigenvalue weighted by molar-refractivity contribution is 0.165. The molecule has 4 rings (SSSR count). The molecule has 0 amide bonds. The average molecular weight is 325 g/mol. The monoisotopic (exact) mass is 325 g/mol. The van der Waals surface area contributed by atoms with Gasteiger partial charge in [0.1, 0.15) is 0 Å². The summed E-state index contributed by atoms with van der Waals surface area (Å²) in [6.45, 7) is 0.889. The minimum atomic E-state index is -0.350. The van der Waals surface area contributed by atoms with Gasteiger partial charge < -0.3 is 15.0 Å². The van der Waals surface area contributed by atoms with Crippen molar-refractivity contribution in [1.29, 1.82) is 0 Å². The molecule has 1 aliphatic heterocycles. The smallest absolute Gasteiger partial charge is 0.166 e. The van der Waals surface area contributed by atoms with E-state index in [0.717, 1.165) is 40.5 Å². The molecule has 0 fully saturated rings. The molecule has 1 aliphatic rings. The van der Waals surface area contributed by atoms with Crippen LogP contribution in [0.25, 0.3) is 11.0 Å². The molecule has 0 bridgehead atoms. The third-order valence-electron chi connectivity index (χ3n) is 4.36.